The predicted octanol–water partition coefficient (Wildman–Crippen LogP) is 2.19. The average molecular weight is 683 g/mol. The number of thiazole rings is 1. The van der Waals surface area contributed by atoms with Crippen LogP contribution in [-0.2, 0) is 30.5 Å². The maximum atomic E-state index is 13.9. The molecule has 3 atom stereocenters. The van der Waals surface area contributed by atoms with Crippen molar-refractivity contribution < 1.29 is 29.0 Å². The Morgan fingerprint density at radius 1 is 1.02 bits per heavy atom. The maximum Gasteiger partial charge on any atom is 0.320 e. The topological polar surface area (TPSA) is 144 Å². The van der Waals surface area contributed by atoms with E-state index in [0.717, 1.165) is 47.9 Å². The molecule has 2 aromatic rings. The Hall–Kier alpha value is -3.39. The molecule has 3 aliphatic rings. The molecule has 3 N–H and O–H groups in total. The van der Waals surface area contributed by atoms with E-state index in [1.54, 1.807) is 11.3 Å². The van der Waals surface area contributed by atoms with E-state index in [-0.39, 0.29) is 61.7 Å². The molecule has 1 spiro atoms. The highest BCUT2D eigenvalue weighted by Crippen LogP contribution is 2.39. The number of hydrogen-bond acceptors (Lipinski definition) is 10. The first-order valence-electron chi connectivity index (χ1n) is 16.6. The summed E-state index contributed by atoms with van der Waals surface area (Å²) in [6.45, 7) is 16.9. The molecular formula is C35H50N6O6S. The summed E-state index contributed by atoms with van der Waals surface area (Å²) in [5, 5.41) is 16.4. The second kappa shape index (κ2) is 13.9. The summed E-state index contributed by atoms with van der Waals surface area (Å²) in [5.74, 6) is -1.22. The van der Waals surface area contributed by atoms with Crippen LogP contribution >= 0.6 is 11.3 Å². The van der Waals surface area contributed by atoms with E-state index in [0.29, 0.717) is 0 Å². The number of β-amino-alcohol motifs (C(OH)–C–C–N with tert-alkyl or cyclic N) is 1. The minimum absolute atomic E-state index is 0.0245. The lowest BCUT2D eigenvalue weighted by atomic mass is 9.73. The molecule has 1 aromatic heterocycles. The highest BCUT2D eigenvalue weighted by molar-refractivity contribution is 7.13. The molecule has 0 radical (unpaired) electrons. The standard InChI is InChI=1S/C35H50N6O6S/c1-22-29(48-21-37-22)24-10-8-23(9-11-24)13-36-31(45)26-12-25(42)14-41(26)32(46)30(33(2,3)4)38-27(43)15-39-17-35(18-39)19-40(20-35)16-28(44)47-34(5,6)7/h8-11,21,25-26,30,42H,12-20H2,1-7H3,(H,36,45)(H,38,43)/t25-,26+,30-/m1/s1. The third-order valence-corrected chi connectivity index (χ3v) is 10.1. The van der Waals surface area contributed by atoms with Gasteiger partial charge in [-0.3, -0.25) is 29.0 Å². The molecule has 5 rings (SSSR count). The van der Waals surface area contributed by atoms with Crippen molar-refractivity contribution in [3.63, 3.8) is 0 Å². The predicted molar refractivity (Wildman–Crippen MR) is 183 cm³/mol. The third kappa shape index (κ3) is 8.60. The number of rotatable bonds is 10. The summed E-state index contributed by atoms with van der Waals surface area (Å²) in [7, 11) is 0. The molecular weight excluding hydrogens is 632 g/mol. The Bertz CT molecular complexity index is 1500. The lowest BCUT2D eigenvalue weighted by molar-refractivity contribution is -0.166. The summed E-state index contributed by atoms with van der Waals surface area (Å²) in [5.41, 5.74) is 3.71. The Balaban J connectivity index is 1.11. The number of aromatic nitrogens is 1. The van der Waals surface area contributed by atoms with Gasteiger partial charge in [-0.05, 0) is 44.2 Å². The third-order valence-electron chi connectivity index (χ3n) is 9.09. The van der Waals surface area contributed by atoms with Crippen LogP contribution in [-0.4, -0.2) is 118 Å². The minimum Gasteiger partial charge on any atom is -0.459 e. The van der Waals surface area contributed by atoms with Gasteiger partial charge in [0.1, 0.15) is 17.7 Å². The number of amides is 3. The fourth-order valence-corrected chi connectivity index (χ4v) is 7.79. The smallest absolute Gasteiger partial charge is 0.320 e. The second-order valence-corrected chi connectivity index (χ2v) is 16.7. The van der Waals surface area contributed by atoms with E-state index in [1.165, 1.54) is 4.90 Å². The number of carbonyl (C=O) groups excluding carboxylic acids is 4. The van der Waals surface area contributed by atoms with Crippen LogP contribution in [0, 0.1) is 17.8 Å². The molecule has 4 heterocycles. The molecule has 0 unspecified atom stereocenters. The molecule has 262 valence electrons. The van der Waals surface area contributed by atoms with Gasteiger partial charge in [0.25, 0.3) is 0 Å². The van der Waals surface area contributed by atoms with Crippen LogP contribution in [0.1, 0.15) is 59.2 Å². The van der Waals surface area contributed by atoms with Gasteiger partial charge >= 0.3 is 5.97 Å². The number of aliphatic hydroxyl groups excluding tert-OH is 1. The van der Waals surface area contributed by atoms with Gasteiger partial charge in [-0.1, -0.05) is 45.0 Å². The van der Waals surface area contributed by atoms with Crippen LogP contribution < -0.4 is 10.6 Å². The second-order valence-electron chi connectivity index (χ2n) is 15.8. The Labute approximate surface area is 287 Å². The highest BCUT2D eigenvalue weighted by Gasteiger charge is 2.52. The summed E-state index contributed by atoms with van der Waals surface area (Å²) in [4.78, 5) is 63.6. The Morgan fingerprint density at radius 2 is 1.65 bits per heavy atom. The highest BCUT2D eigenvalue weighted by atomic mass is 32.1. The summed E-state index contributed by atoms with van der Waals surface area (Å²) >= 11 is 1.58. The molecule has 1 aromatic carbocycles. The molecule has 3 fully saturated rings. The Kier molecular flexibility index (Phi) is 10.4. The van der Waals surface area contributed by atoms with Gasteiger partial charge < -0.3 is 25.4 Å². The first kappa shape index (κ1) is 35.9. The van der Waals surface area contributed by atoms with Gasteiger partial charge in [0.05, 0.1) is 35.3 Å². The molecule has 0 bridgehead atoms. The van der Waals surface area contributed by atoms with Crippen LogP contribution in [0.5, 0.6) is 0 Å². The monoisotopic (exact) mass is 682 g/mol. The molecule has 48 heavy (non-hydrogen) atoms. The van der Waals surface area contributed by atoms with Crippen LogP contribution in [0.25, 0.3) is 10.4 Å². The van der Waals surface area contributed by atoms with Gasteiger partial charge in [-0.15, -0.1) is 11.3 Å². The van der Waals surface area contributed by atoms with Crippen molar-refractivity contribution in [2.75, 3.05) is 45.8 Å². The number of ether oxygens (including phenoxy) is 1. The van der Waals surface area contributed by atoms with E-state index < -0.39 is 29.2 Å². The number of likely N-dealkylation sites (tertiary alicyclic amines) is 3. The molecule has 13 heteroatoms. The van der Waals surface area contributed by atoms with E-state index in [2.05, 4.69) is 20.5 Å². The molecule has 3 amide bonds. The summed E-state index contributed by atoms with van der Waals surface area (Å²) in [6, 6.07) is 6.19. The van der Waals surface area contributed by atoms with Crippen molar-refractivity contribution in [2.45, 2.75) is 85.2 Å². The van der Waals surface area contributed by atoms with E-state index in [4.69, 9.17) is 4.74 Å². The average Bonchev–Trinajstić information content (AvgIpc) is 3.56. The van der Waals surface area contributed by atoms with E-state index in [1.807, 2.05) is 83.1 Å². The van der Waals surface area contributed by atoms with Crippen LogP contribution in [0.3, 0.4) is 0 Å². The van der Waals surface area contributed by atoms with Gasteiger partial charge in [-0.25, -0.2) is 4.98 Å². The van der Waals surface area contributed by atoms with Gasteiger partial charge in [-0.2, -0.15) is 0 Å². The summed E-state index contributed by atoms with van der Waals surface area (Å²) < 4.78 is 5.42. The van der Waals surface area contributed by atoms with E-state index >= 15 is 0 Å². The van der Waals surface area contributed by atoms with Crippen molar-refractivity contribution in [3.8, 4) is 10.4 Å². The van der Waals surface area contributed by atoms with Gasteiger partial charge in [0, 0.05) is 51.1 Å². The van der Waals surface area contributed by atoms with Crippen molar-refractivity contribution in [1.82, 2.24) is 30.3 Å². The maximum absolute atomic E-state index is 13.9. The molecule has 0 aliphatic carbocycles. The number of nitrogens with zero attached hydrogens (tertiary/aromatic N) is 4. The van der Waals surface area contributed by atoms with Crippen molar-refractivity contribution >= 4 is 35.0 Å². The zero-order chi connectivity index (χ0) is 35.0. The fraction of sp³-hybridized carbons (Fsp3) is 0.629. The molecule has 0 saturated carbocycles. The number of esters is 1. The normalized spacial score (nSPS) is 21.7. The number of nitrogens with one attached hydrogen (secondary N) is 2. The lowest BCUT2D eigenvalue weighted by Crippen LogP contribution is -2.73. The lowest BCUT2D eigenvalue weighted by Gasteiger charge is -2.60. The van der Waals surface area contributed by atoms with Crippen molar-refractivity contribution in [1.29, 1.82) is 0 Å². The zero-order valence-corrected chi connectivity index (χ0v) is 30.0. The zero-order valence-electron chi connectivity index (χ0n) is 29.2. The molecule has 3 saturated heterocycles. The summed E-state index contributed by atoms with van der Waals surface area (Å²) in [6.07, 6.45) is -0.704. The van der Waals surface area contributed by atoms with Crippen LogP contribution in [0.2, 0.25) is 0 Å². The number of benzene rings is 1. The first-order chi connectivity index (χ1) is 22.4. The minimum atomic E-state index is -0.878. The Morgan fingerprint density at radius 3 is 2.21 bits per heavy atom. The van der Waals surface area contributed by atoms with Gasteiger partial charge in [0.2, 0.25) is 17.7 Å². The largest absolute Gasteiger partial charge is 0.459 e. The number of aryl methyl sites for hydroxylation is 1. The first-order valence-corrected chi connectivity index (χ1v) is 17.5. The van der Waals surface area contributed by atoms with Crippen molar-refractivity contribution in [2.24, 2.45) is 10.8 Å². The van der Waals surface area contributed by atoms with E-state index in [9.17, 15) is 24.3 Å². The number of aliphatic hydroxyl groups is 1. The fourth-order valence-electron chi connectivity index (χ4n) is 6.97. The quantitative estimate of drug-likeness (QED) is 0.322. The van der Waals surface area contributed by atoms with Crippen LogP contribution in [0.4, 0.5) is 0 Å². The molecule has 3 aliphatic heterocycles. The molecule has 12 nitrogen and oxygen atoms in total. The van der Waals surface area contributed by atoms with Crippen LogP contribution in [0.15, 0.2) is 29.8 Å². The SMILES string of the molecule is Cc1ncsc1-c1ccc(CNC(=O)[C@@H]2C[C@@H](O)CN2C(=O)[C@@H](NC(=O)CN2CC3(C2)CN(CC(=O)OC(C)(C)C)C3)C(C)(C)C)cc1. The number of hydrogen-bond donors (Lipinski definition) is 3. The van der Waals surface area contributed by atoms with Crippen molar-refractivity contribution in [3.05, 3.63) is 41.0 Å². The van der Waals surface area contributed by atoms with Gasteiger partial charge in [0.15, 0.2) is 0 Å². The number of carbonyl (C=O) groups is 4.